The van der Waals surface area contributed by atoms with Crippen LogP contribution < -0.4 is 10.5 Å². The van der Waals surface area contributed by atoms with Gasteiger partial charge in [-0.2, -0.15) is 5.26 Å². The molecule has 0 aliphatic carbocycles. The number of nitrogens with zero attached hydrogens (tertiary/aromatic N) is 1. The van der Waals surface area contributed by atoms with Crippen LogP contribution in [0.25, 0.3) is 0 Å². The number of hydrogen-bond donors (Lipinski definition) is 1. The summed E-state index contributed by atoms with van der Waals surface area (Å²) in [5.74, 6) is 1.27. The van der Waals surface area contributed by atoms with E-state index in [4.69, 9.17) is 15.7 Å². The molecule has 0 aliphatic heterocycles. The molecule has 2 rings (SSSR count). The summed E-state index contributed by atoms with van der Waals surface area (Å²) in [4.78, 5) is 0. The number of hydrogen-bond acceptors (Lipinski definition) is 3. The van der Waals surface area contributed by atoms with E-state index in [0.717, 1.165) is 11.3 Å². The molecule has 3 nitrogen and oxygen atoms in total. The fourth-order valence-electron chi connectivity index (χ4n) is 1.76. The molecule has 0 amide bonds. The van der Waals surface area contributed by atoms with Crippen molar-refractivity contribution >= 4 is 5.69 Å². The third-order valence-corrected chi connectivity index (χ3v) is 2.74. The Hall–Kier alpha value is -2.47. The Morgan fingerprint density at radius 1 is 1.11 bits per heavy atom. The Bertz CT molecular complexity index is 627. The van der Waals surface area contributed by atoms with Crippen LogP contribution >= 0.6 is 0 Å². The fraction of sp³-hybridized carbons (Fsp3) is 0.133. The number of nitrogens with two attached hydrogens (primary N) is 1. The van der Waals surface area contributed by atoms with Crippen LogP contribution in [0, 0.1) is 25.2 Å². The molecule has 0 unspecified atom stereocenters. The number of benzene rings is 2. The highest BCUT2D eigenvalue weighted by molar-refractivity contribution is 5.64. The second-order valence-electron chi connectivity index (χ2n) is 4.20. The highest BCUT2D eigenvalue weighted by atomic mass is 16.5. The minimum atomic E-state index is 0.375. The maximum atomic E-state index is 8.91. The van der Waals surface area contributed by atoms with Gasteiger partial charge in [-0.15, -0.1) is 0 Å². The van der Waals surface area contributed by atoms with E-state index in [1.54, 1.807) is 18.2 Å². The van der Waals surface area contributed by atoms with E-state index in [0.29, 0.717) is 17.0 Å². The van der Waals surface area contributed by atoms with Crippen molar-refractivity contribution < 1.29 is 4.74 Å². The molecule has 0 radical (unpaired) electrons. The highest BCUT2D eigenvalue weighted by Crippen LogP contribution is 2.31. The lowest BCUT2D eigenvalue weighted by Crippen LogP contribution is -1.96. The largest absolute Gasteiger partial charge is 0.455 e. The summed E-state index contributed by atoms with van der Waals surface area (Å²) in [5.41, 5.74) is 8.90. The Morgan fingerprint density at radius 2 is 1.89 bits per heavy atom. The number of rotatable bonds is 2. The van der Waals surface area contributed by atoms with E-state index in [1.807, 2.05) is 38.1 Å². The van der Waals surface area contributed by atoms with Crippen molar-refractivity contribution in [1.82, 2.24) is 0 Å². The van der Waals surface area contributed by atoms with Gasteiger partial charge in [0, 0.05) is 0 Å². The topological polar surface area (TPSA) is 59.0 Å². The van der Waals surface area contributed by atoms with Crippen LogP contribution in [0.3, 0.4) is 0 Å². The molecule has 3 heteroatoms. The second-order valence-corrected chi connectivity index (χ2v) is 4.20. The second kappa shape index (κ2) is 4.80. The summed E-state index contributed by atoms with van der Waals surface area (Å²) >= 11 is 0. The minimum Gasteiger partial charge on any atom is -0.455 e. The van der Waals surface area contributed by atoms with Crippen LogP contribution in [0.5, 0.6) is 11.5 Å². The molecule has 90 valence electrons. The quantitative estimate of drug-likeness (QED) is 0.814. The normalized spacial score (nSPS) is 9.83. The van der Waals surface area contributed by atoms with E-state index in [9.17, 15) is 0 Å². The zero-order chi connectivity index (χ0) is 13.1. The smallest absolute Gasteiger partial charge is 0.151 e. The predicted molar refractivity (Wildman–Crippen MR) is 71.6 cm³/mol. The van der Waals surface area contributed by atoms with Gasteiger partial charge in [0.05, 0.1) is 11.3 Å². The molecule has 0 bridgehead atoms. The predicted octanol–water partition coefficient (Wildman–Crippen LogP) is 3.55. The summed E-state index contributed by atoms with van der Waals surface area (Å²) < 4.78 is 5.76. The van der Waals surface area contributed by atoms with Gasteiger partial charge in [-0.3, -0.25) is 0 Å². The van der Waals surface area contributed by atoms with Crippen molar-refractivity contribution in [2.75, 3.05) is 5.73 Å². The van der Waals surface area contributed by atoms with Crippen molar-refractivity contribution in [3.8, 4) is 17.6 Å². The summed E-state index contributed by atoms with van der Waals surface area (Å²) in [6.45, 7) is 4.01. The van der Waals surface area contributed by atoms with Crippen molar-refractivity contribution in [3.63, 3.8) is 0 Å². The van der Waals surface area contributed by atoms with E-state index >= 15 is 0 Å². The van der Waals surface area contributed by atoms with Gasteiger partial charge < -0.3 is 10.5 Å². The molecular formula is C15H14N2O. The van der Waals surface area contributed by atoms with Crippen LogP contribution in [0.15, 0.2) is 36.4 Å². The standard InChI is InChI=1S/C15H14N2O/c1-10-6-7-13(11(2)8-10)18-14-5-3-4-12(9-16)15(14)17/h3-8H,17H2,1-2H3. The van der Waals surface area contributed by atoms with Crippen molar-refractivity contribution in [3.05, 3.63) is 53.1 Å². The SMILES string of the molecule is Cc1ccc(Oc2cccc(C#N)c2N)c(C)c1. The first-order valence-electron chi connectivity index (χ1n) is 5.65. The number of nitriles is 1. The summed E-state index contributed by atoms with van der Waals surface area (Å²) in [5, 5.41) is 8.91. The monoisotopic (exact) mass is 238 g/mol. The van der Waals surface area contributed by atoms with Crippen LogP contribution in [0.1, 0.15) is 16.7 Å². The summed E-state index contributed by atoms with van der Waals surface area (Å²) in [7, 11) is 0. The first kappa shape index (κ1) is 12.0. The van der Waals surface area contributed by atoms with Crippen LogP contribution in [0.2, 0.25) is 0 Å². The number of nitrogen functional groups attached to an aromatic ring is 1. The molecule has 0 heterocycles. The molecule has 2 aromatic carbocycles. The zero-order valence-corrected chi connectivity index (χ0v) is 10.4. The fourth-order valence-corrected chi connectivity index (χ4v) is 1.76. The number of ether oxygens (including phenoxy) is 1. The van der Waals surface area contributed by atoms with Gasteiger partial charge in [0.1, 0.15) is 11.8 Å². The van der Waals surface area contributed by atoms with Crippen LogP contribution in [-0.2, 0) is 0 Å². The summed E-state index contributed by atoms with van der Waals surface area (Å²) in [6, 6.07) is 13.2. The Kier molecular flexibility index (Phi) is 3.20. The Morgan fingerprint density at radius 3 is 2.56 bits per heavy atom. The lowest BCUT2D eigenvalue weighted by Gasteiger charge is -2.11. The first-order chi connectivity index (χ1) is 8.61. The van der Waals surface area contributed by atoms with E-state index in [2.05, 4.69) is 0 Å². The van der Waals surface area contributed by atoms with Crippen molar-refractivity contribution in [2.45, 2.75) is 13.8 Å². The molecule has 0 saturated carbocycles. The van der Waals surface area contributed by atoms with E-state index < -0.39 is 0 Å². The molecule has 2 N–H and O–H groups in total. The van der Waals surface area contributed by atoms with Crippen molar-refractivity contribution in [2.24, 2.45) is 0 Å². The number of para-hydroxylation sites is 1. The molecule has 18 heavy (non-hydrogen) atoms. The molecule has 0 fully saturated rings. The van der Waals surface area contributed by atoms with Gasteiger partial charge in [-0.05, 0) is 37.6 Å². The van der Waals surface area contributed by atoms with Crippen LogP contribution in [0.4, 0.5) is 5.69 Å². The third-order valence-electron chi connectivity index (χ3n) is 2.74. The average molecular weight is 238 g/mol. The first-order valence-corrected chi connectivity index (χ1v) is 5.65. The minimum absolute atomic E-state index is 0.375. The molecule has 2 aromatic rings. The number of aryl methyl sites for hydroxylation is 2. The van der Waals surface area contributed by atoms with Gasteiger partial charge in [0.15, 0.2) is 5.75 Å². The van der Waals surface area contributed by atoms with E-state index in [1.165, 1.54) is 5.56 Å². The van der Waals surface area contributed by atoms with Gasteiger partial charge >= 0.3 is 0 Å². The lowest BCUT2D eigenvalue weighted by molar-refractivity contribution is 0.481. The van der Waals surface area contributed by atoms with Crippen molar-refractivity contribution in [1.29, 1.82) is 5.26 Å². The molecule has 0 aromatic heterocycles. The van der Waals surface area contributed by atoms with Gasteiger partial charge in [-0.1, -0.05) is 23.8 Å². The Labute approximate surface area is 106 Å². The maximum Gasteiger partial charge on any atom is 0.151 e. The maximum absolute atomic E-state index is 8.91. The summed E-state index contributed by atoms with van der Waals surface area (Å²) in [6.07, 6.45) is 0. The molecule has 0 atom stereocenters. The molecule has 0 spiro atoms. The average Bonchev–Trinajstić information content (AvgIpc) is 2.35. The third kappa shape index (κ3) is 2.28. The molecule has 0 saturated heterocycles. The lowest BCUT2D eigenvalue weighted by atomic mass is 10.1. The van der Waals surface area contributed by atoms with Crippen LogP contribution in [-0.4, -0.2) is 0 Å². The zero-order valence-electron chi connectivity index (χ0n) is 10.4. The van der Waals surface area contributed by atoms with E-state index in [-0.39, 0.29) is 0 Å². The Balaban J connectivity index is 2.38. The number of anilines is 1. The molecule has 0 aliphatic rings. The van der Waals surface area contributed by atoms with Gasteiger partial charge in [-0.25, -0.2) is 0 Å². The van der Waals surface area contributed by atoms with Gasteiger partial charge in [0.25, 0.3) is 0 Å². The highest BCUT2D eigenvalue weighted by Gasteiger charge is 2.08. The van der Waals surface area contributed by atoms with Gasteiger partial charge in [0.2, 0.25) is 0 Å². The molecular weight excluding hydrogens is 224 g/mol.